The molecule has 4 nitrogen and oxygen atoms in total. The summed E-state index contributed by atoms with van der Waals surface area (Å²) in [5, 5.41) is -1.07. The molecule has 0 N–H and O–H groups in total. The van der Waals surface area contributed by atoms with E-state index < -0.39 is 22.3 Å². The van der Waals surface area contributed by atoms with Gasteiger partial charge >= 0.3 is 5.97 Å². The summed E-state index contributed by atoms with van der Waals surface area (Å²) in [4.78, 5) is 11.1. The zero-order valence-corrected chi connectivity index (χ0v) is 9.80. The third-order valence-corrected chi connectivity index (χ3v) is 3.02. The van der Waals surface area contributed by atoms with Gasteiger partial charge in [0, 0.05) is 0 Å². The van der Waals surface area contributed by atoms with E-state index in [-0.39, 0.29) is 12.5 Å². The lowest BCUT2D eigenvalue weighted by molar-refractivity contribution is -0.144. The van der Waals surface area contributed by atoms with Crippen molar-refractivity contribution in [1.29, 1.82) is 0 Å². The SMILES string of the molecule is CC(C)C(C)COC(=O)C(C)S(=O)[O-]. The van der Waals surface area contributed by atoms with Crippen LogP contribution in [0.4, 0.5) is 0 Å². The van der Waals surface area contributed by atoms with Crippen molar-refractivity contribution < 1.29 is 18.3 Å². The first-order chi connectivity index (χ1) is 6.36. The topological polar surface area (TPSA) is 66.4 Å². The minimum atomic E-state index is -2.39. The highest BCUT2D eigenvalue weighted by Crippen LogP contribution is 2.10. The number of carbonyl (C=O) groups excluding carboxylic acids is 1. The van der Waals surface area contributed by atoms with Crippen LogP contribution in [-0.2, 0) is 20.6 Å². The Kier molecular flexibility index (Phi) is 5.95. The van der Waals surface area contributed by atoms with Crippen molar-refractivity contribution in [1.82, 2.24) is 0 Å². The fourth-order valence-corrected chi connectivity index (χ4v) is 0.827. The molecule has 0 saturated carbocycles. The van der Waals surface area contributed by atoms with Gasteiger partial charge in [0.15, 0.2) is 0 Å². The van der Waals surface area contributed by atoms with E-state index in [9.17, 15) is 13.6 Å². The van der Waals surface area contributed by atoms with Crippen LogP contribution in [0.25, 0.3) is 0 Å². The maximum absolute atomic E-state index is 11.1. The predicted octanol–water partition coefficient (Wildman–Crippen LogP) is 1.09. The number of ether oxygens (including phenoxy) is 1. The van der Waals surface area contributed by atoms with Crippen LogP contribution in [0.5, 0.6) is 0 Å². The van der Waals surface area contributed by atoms with E-state index in [4.69, 9.17) is 4.74 Å². The van der Waals surface area contributed by atoms with Crippen LogP contribution in [0.15, 0.2) is 0 Å². The summed E-state index contributed by atoms with van der Waals surface area (Å²) in [5.41, 5.74) is 0. The molecule has 0 aromatic rings. The zero-order valence-electron chi connectivity index (χ0n) is 8.98. The number of esters is 1. The molecule has 0 saturated heterocycles. The third-order valence-electron chi connectivity index (χ3n) is 2.25. The van der Waals surface area contributed by atoms with E-state index in [0.717, 1.165) is 0 Å². The summed E-state index contributed by atoms with van der Waals surface area (Å²) in [6, 6.07) is 0. The average Bonchev–Trinajstić information content (AvgIpc) is 2.11. The van der Waals surface area contributed by atoms with Gasteiger partial charge in [-0.3, -0.25) is 9.00 Å². The Hall–Kier alpha value is -0.420. The molecule has 84 valence electrons. The average molecular weight is 221 g/mol. The van der Waals surface area contributed by atoms with Crippen LogP contribution in [0, 0.1) is 11.8 Å². The summed E-state index contributed by atoms with van der Waals surface area (Å²) < 4.78 is 25.7. The monoisotopic (exact) mass is 221 g/mol. The highest BCUT2D eigenvalue weighted by molar-refractivity contribution is 7.80. The smallest absolute Gasteiger partial charge is 0.320 e. The zero-order chi connectivity index (χ0) is 11.3. The van der Waals surface area contributed by atoms with Gasteiger partial charge in [-0.2, -0.15) is 0 Å². The predicted molar refractivity (Wildman–Crippen MR) is 53.3 cm³/mol. The first-order valence-corrected chi connectivity index (χ1v) is 5.74. The number of hydrogen-bond acceptors (Lipinski definition) is 4. The highest BCUT2D eigenvalue weighted by Gasteiger charge is 2.17. The highest BCUT2D eigenvalue weighted by atomic mass is 32.2. The Bertz CT molecular complexity index is 215. The van der Waals surface area contributed by atoms with Crippen LogP contribution in [0.1, 0.15) is 27.7 Å². The van der Waals surface area contributed by atoms with Gasteiger partial charge in [0.25, 0.3) is 0 Å². The second kappa shape index (κ2) is 6.14. The van der Waals surface area contributed by atoms with E-state index in [1.165, 1.54) is 6.92 Å². The molecule has 3 atom stereocenters. The summed E-state index contributed by atoms with van der Waals surface area (Å²) in [7, 11) is 0. The molecule has 0 aliphatic heterocycles. The molecule has 14 heavy (non-hydrogen) atoms. The van der Waals surface area contributed by atoms with Gasteiger partial charge in [0.1, 0.15) is 5.25 Å². The molecule has 0 rings (SSSR count). The second-order valence-electron chi connectivity index (χ2n) is 3.75. The van der Waals surface area contributed by atoms with E-state index in [2.05, 4.69) is 0 Å². The summed E-state index contributed by atoms with van der Waals surface area (Å²) in [5.74, 6) is -0.0204. The molecule has 0 aliphatic carbocycles. The van der Waals surface area contributed by atoms with E-state index in [0.29, 0.717) is 5.92 Å². The minimum absolute atomic E-state index is 0.242. The Labute approximate surface area is 87.3 Å². The molecular formula is C9H17O4S-. The van der Waals surface area contributed by atoms with Crippen molar-refractivity contribution in [3.05, 3.63) is 0 Å². The normalized spacial score (nSPS) is 17.6. The van der Waals surface area contributed by atoms with Crippen molar-refractivity contribution in [2.45, 2.75) is 32.9 Å². The van der Waals surface area contributed by atoms with Crippen LogP contribution < -0.4 is 0 Å². The largest absolute Gasteiger partial charge is 0.772 e. The van der Waals surface area contributed by atoms with E-state index in [1.807, 2.05) is 20.8 Å². The van der Waals surface area contributed by atoms with Gasteiger partial charge in [0.2, 0.25) is 0 Å². The van der Waals surface area contributed by atoms with Crippen molar-refractivity contribution in [3.8, 4) is 0 Å². The molecule has 0 amide bonds. The number of rotatable bonds is 5. The fraction of sp³-hybridized carbons (Fsp3) is 0.889. The molecule has 0 aliphatic rings. The summed E-state index contributed by atoms with van der Waals surface area (Å²) in [6.07, 6.45) is 0. The summed E-state index contributed by atoms with van der Waals surface area (Å²) in [6.45, 7) is 7.58. The van der Waals surface area contributed by atoms with Crippen LogP contribution in [0.2, 0.25) is 0 Å². The molecule has 0 aromatic carbocycles. The maximum Gasteiger partial charge on any atom is 0.320 e. The molecule has 5 heteroatoms. The number of hydrogen-bond donors (Lipinski definition) is 0. The van der Waals surface area contributed by atoms with Crippen molar-refractivity contribution >= 4 is 17.0 Å². The molecule has 0 heterocycles. The lowest BCUT2D eigenvalue weighted by atomic mass is 9.99. The van der Waals surface area contributed by atoms with Gasteiger partial charge in [0.05, 0.1) is 6.61 Å². The third kappa shape index (κ3) is 4.72. The Morgan fingerprint density at radius 3 is 2.21 bits per heavy atom. The molecule has 3 unspecified atom stereocenters. The van der Waals surface area contributed by atoms with E-state index in [1.54, 1.807) is 0 Å². The lowest BCUT2D eigenvalue weighted by Gasteiger charge is -2.18. The van der Waals surface area contributed by atoms with Crippen LogP contribution in [0.3, 0.4) is 0 Å². The molecule has 0 spiro atoms. The molecule has 0 bridgehead atoms. The lowest BCUT2D eigenvalue weighted by Crippen LogP contribution is -2.27. The molecular weight excluding hydrogens is 204 g/mol. The van der Waals surface area contributed by atoms with Gasteiger partial charge < -0.3 is 9.29 Å². The fourth-order valence-electron chi connectivity index (χ4n) is 0.602. The minimum Gasteiger partial charge on any atom is -0.772 e. The first-order valence-electron chi connectivity index (χ1n) is 4.61. The maximum atomic E-state index is 11.1. The van der Waals surface area contributed by atoms with Crippen molar-refractivity contribution in [3.63, 3.8) is 0 Å². The quantitative estimate of drug-likeness (QED) is 0.515. The van der Waals surface area contributed by atoms with E-state index >= 15 is 0 Å². The van der Waals surface area contributed by atoms with Gasteiger partial charge in [-0.25, -0.2) is 0 Å². The van der Waals surface area contributed by atoms with Gasteiger partial charge in [-0.1, -0.05) is 20.8 Å². The summed E-state index contributed by atoms with van der Waals surface area (Å²) >= 11 is -2.39. The van der Waals surface area contributed by atoms with Crippen LogP contribution in [-0.4, -0.2) is 26.6 Å². The Balaban J connectivity index is 3.91. The Morgan fingerprint density at radius 1 is 1.36 bits per heavy atom. The standard InChI is InChI=1S/C9H18O4S/c1-6(2)7(3)5-13-9(10)8(4)14(11)12/h6-8H,5H2,1-4H3,(H,11,12)/p-1. The van der Waals surface area contributed by atoms with Gasteiger partial charge in [-0.05, 0) is 29.8 Å². The first kappa shape index (κ1) is 13.6. The number of carbonyl (C=O) groups is 1. The van der Waals surface area contributed by atoms with Crippen molar-refractivity contribution in [2.24, 2.45) is 11.8 Å². The van der Waals surface area contributed by atoms with Crippen LogP contribution >= 0.6 is 0 Å². The second-order valence-corrected chi connectivity index (χ2v) is 4.98. The molecule has 0 radical (unpaired) electrons. The van der Waals surface area contributed by atoms with Crippen molar-refractivity contribution in [2.75, 3.05) is 6.61 Å². The molecule has 0 fully saturated rings. The van der Waals surface area contributed by atoms with Gasteiger partial charge in [-0.15, -0.1) is 0 Å². The molecule has 0 aromatic heterocycles. The Morgan fingerprint density at radius 2 is 1.86 bits per heavy atom.